The average molecular weight is 454 g/mol. The Balaban J connectivity index is 1.46. The van der Waals surface area contributed by atoms with Crippen molar-refractivity contribution in [1.29, 1.82) is 0 Å². The summed E-state index contributed by atoms with van der Waals surface area (Å²) in [5, 5.41) is 0. The number of hydrogen-bond donors (Lipinski definition) is 0. The number of methoxy groups -OCH3 is 1. The van der Waals surface area contributed by atoms with Crippen LogP contribution in [0.3, 0.4) is 0 Å². The fraction of sp³-hybridized carbons (Fsp3) is 0.409. The number of imidazole rings is 1. The molecule has 11 nitrogen and oxygen atoms in total. The van der Waals surface area contributed by atoms with Crippen molar-refractivity contribution in [3.8, 4) is 5.75 Å². The molecule has 0 saturated carbocycles. The predicted octanol–water partition coefficient (Wildman–Crippen LogP) is -0.265. The topological polar surface area (TPSA) is 112 Å². The molecule has 0 N–H and O–H groups in total. The second kappa shape index (κ2) is 8.57. The maximum atomic E-state index is 12.9. The van der Waals surface area contributed by atoms with E-state index < -0.39 is 11.2 Å². The molecule has 1 fully saturated rings. The van der Waals surface area contributed by atoms with Gasteiger partial charge in [-0.25, -0.2) is 14.3 Å². The van der Waals surface area contributed by atoms with Gasteiger partial charge in [0.05, 0.1) is 13.4 Å². The largest absolute Gasteiger partial charge is 0.496 e. The standard InChI is InChI=1S/C22H26N6O5/c1-14-5-6-15(11-16(14)33-4)20(30)27-9-7-26(8-10-27)17(29)12-28-21(31)18-19(23-13-24(18)2)25(3)22(28)32/h5-6,11,13H,7-10,12H2,1-4H3. The number of hydrogen-bond acceptors (Lipinski definition) is 6. The highest BCUT2D eigenvalue weighted by Gasteiger charge is 2.26. The summed E-state index contributed by atoms with van der Waals surface area (Å²) in [5.74, 6) is 0.166. The Kier molecular flexibility index (Phi) is 5.79. The normalized spacial score (nSPS) is 14.1. The van der Waals surface area contributed by atoms with E-state index in [0.717, 1.165) is 10.1 Å². The van der Waals surface area contributed by atoms with Crippen LogP contribution in [0.15, 0.2) is 34.1 Å². The summed E-state index contributed by atoms with van der Waals surface area (Å²) in [5.41, 5.74) is 0.849. The quantitative estimate of drug-likeness (QED) is 0.537. The van der Waals surface area contributed by atoms with Crippen LogP contribution in [0.4, 0.5) is 0 Å². The third-order valence-electron chi connectivity index (χ3n) is 6.07. The van der Waals surface area contributed by atoms with E-state index in [2.05, 4.69) is 4.98 Å². The van der Waals surface area contributed by atoms with E-state index in [9.17, 15) is 19.2 Å². The number of fused-ring (bicyclic) bond motifs is 1. The second-order valence-corrected chi connectivity index (χ2v) is 8.12. The number of aryl methyl sites for hydroxylation is 3. The van der Waals surface area contributed by atoms with Gasteiger partial charge in [-0.3, -0.25) is 19.0 Å². The lowest BCUT2D eigenvalue weighted by molar-refractivity contribution is -0.133. The van der Waals surface area contributed by atoms with Crippen molar-refractivity contribution in [3.05, 3.63) is 56.5 Å². The summed E-state index contributed by atoms with van der Waals surface area (Å²) in [7, 11) is 4.74. The molecule has 0 spiro atoms. The molecule has 0 bridgehead atoms. The number of rotatable bonds is 4. The molecule has 3 aromatic rings. The summed E-state index contributed by atoms with van der Waals surface area (Å²) in [6, 6.07) is 5.31. The molecule has 2 aromatic heterocycles. The summed E-state index contributed by atoms with van der Waals surface area (Å²) in [6.45, 7) is 2.88. The van der Waals surface area contributed by atoms with Gasteiger partial charge >= 0.3 is 5.69 Å². The van der Waals surface area contributed by atoms with Crippen molar-refractivity contribution >= 4 is 23.0 Å². The lowest BCUT2D eigenvalue weighted by Gasteiger charge is -2.35. The zero-order valence-electron chi connectivity index (χ0n) is 19.1. The zero-order valence-corrected chi connectivity index (χ0v) is 19.1. The summed E-state index contributed by atoms with van der Waals surface area (Å²) < 4.78 is 9.02. The molecule has 4 rings (SSSR count). The Hall–Kier alpha value is -3.89. The van der Waals surface area contributed by atoms with Gasteiger partial charge in [0.2, 0.25) is 5.91 Å². The highest BCUT2D eigenvalue weighted by Crippen LogP contribution is 2.20. The van der Waals surface area contributed by atoms with Gasteiger partial charge in [-0.1, -0.05) is 6.07 Å². The number of piperazine rings is 1. The first-order valence-electron chi connectivity index (χ1n) is 10.6. The molecule has 1 aromatic carbocycles. The first-order valence-corrected chi connectivity index (χ1v) is 10.6. The van der Waals surface area contributed by atoms with Crippen LogP contribution in [0.2, 0.25) is 0 Å². The van der Waals surface area contributed by atoms with Crippen molar-refractivity contribution in [2.45, 2.75) is 13.5 Å². The molecule has 0 atom stereocenters. The van der Waals surface area contributed by atoms with Crippen LogP contribution in [-0.2, 0) is 25.4 Å². The molecule has 1 aliphatic rings. The smallest absolute Gasteiger partial charge is 0.332 e. The van der Waals surface area contributed by atoms with Crippen LogP contribution >= 0.6 is 0 Å². The van der Waals surface area contributed by atoms with Crippen LogP contribution in [0.1, 0.15) is 15.9 Å². The fourth-order valence-corrected chi connectivity index (χ4v) is 4.07. The lowest BCUT2D eigenvalue weighted by atomic mass is 10.1. The van der Waals surface area contributed by atoms with Crippen molar-refractivity contribution in [3.63, 3.8) is 0 Å². The van der Waals surface area contributed by atoms with Gasteiger partial charge in [0, 0.05) is 45.8 Å². The summed E-state index contributed by atoms with van der Waals surface area (Å²) >= 11 is 0. The SMILES string of the molecule is COc1cc(C(=O)N2CCN(C(=O)Cn3c(=O)c4c(ncn4C)n(C)c3=O)CC2)ccc1C. The number of aromatic nitrogens is 4. The van der Waals surface area contributed by atoms with Crippen LogP contribution in [0.25, 0.3) is 11.2 Å². The van der Waals surface area contributed by atoms with E-state index in [1.807, 2.05) is 13.0 Å². The minimum absolute atomic E-state index is 0.132. The van der Waals surface area contributed by atoms with E-state index >= 15 is 0 Å². The van der Waals surface area contributed by atoms with Crippen LogP contribution < -0.4 is 16.0 Å². The van der Waals surface area contributed by atoms with Crippen LogP contribution in [-0.4, -0.2) is 73.6 Å². The molecule has 3 heterocycles. The molecule has 2 amide bonds. The Morgan fingerprint density at radius 1 is 1.06 bits per heavy atom. The molecule has 33 heavy (non-hydrogen) atoms. The number of carbonyl (C=O) groups excluding carboxylic acids is 2. The Morgan fingerprint density at radius 2 is 1.73 bits per heavy atom. The highest BCUT2D eigenvalue weighted by atomic mass is 16.5. The zero-order chi connectivity index (χ0) is 23.9. The van der Waals surface area contributed by atoms with E-state index in [1.54, 1.807) is 36.1 Å². The van der Waals surface area contributed by atoms with E-state index in [-0.39, 0.29) is 29.5 Å². The molecule has 1 saturated heterocycles. The van der Waals surface area contributed by atoms with Crippen LogP contribution in [0, 0.1) is 6.92 Å². The maximum Gasteiger partial charge on any atom is 0.332 e. The van der Waals surface area contributed by atoms with Crippen molar-refractivity contribution < 1.29 is 14.3 Å². The first-order chi connectivity index (χ1) is 15.7. The molecular formula is C22H26N6O5. The van der Waals surface area contributed by atoms with Gasteiger partial charge in [-0.05, 0) is 24.6 Å². The van der Waals surface area contributed by atoms with Gasteiger partial charge in [-0.2, -0.15) is 0 Å². The number of amides is 2. The number of carbonyl (C=O) groups is 2. The molecule has 0 radical (unpaired) electrons. The third-order valence-corrected chi connectivity index (χ3v) is 6.07. The maximum absolute atomic E-state index is 12.9. The van der Waals surface area contributed by atoms with E-state index in [1.165, 1.54) is 22.5 Å². The third kappa shape index (κ3) is 3.90. The monoisotopic (exact) mass is 454 g/mol. The number of benzene rings is 1. The first kappa shape index (κ1) is 22.3. The molecule has 174 valence electrons. The molecular weight excluding hydrogens is 428 g/mol. The van der Waals surface area contributed by atoms with Gasteiger partial charge in [0.25, 0.3) is 11.5 Å². The highest BCUT2D eigenvalue weighted by molar-refractivity contribution is 5.95. The average Bonchev–Trinajstić information content (AvgIpc) is 3.22. The summed E-state index contributed by atoms with van der Waals surface area (Å²) in [4.78, 5) is 58.6. The summed E-state index contributed by atoms with van der Waals surface area (Å²) in [6.07, 6.45) is 1.46. The number of ether oxygens (including phenoxy) is 1. The predicted molar refractivity (Wildman–Crippen MR) is 120 cm³/mol. The van der Waals surface area contributed by atoms with Crippen molar-refractivity contribution in [2.75, 3.05) is 33.3 Å². The van der Waals surface area contributed by atoms with Crippen molar-refractivity contribution in [1.82, 2.24) is 28.5 Å². The fourth-order valence-electron chi connectivity index (χ4n) is 4.07. The molecule has 0 aliphatic carbocycles. The second-order valence-electron chi connectivity index (χ2n) is 8.12. The van der Waals surface area contributed by atoms with Gasteiger partial charge in [0.1, 0.15) is 12.3 Å². The van der Waals surface area contributed by atoms with E-state index in [4.69, 9.17) is 4.74 Å². The molecule has 1 aliphatic heterocycles. The lowest BCUT2D eigenvalue weighted by Crippen LogP contribution is -2.52. The Bertz CT molecular complexity index is 1360. The van der Waals surface area contributed by atoms with Gasteiger partial charge < -0.3 is 19.1 Å². The minimum Gasteiger partial charge on any atom is -0.496 e. The van der Waals surface area contributed by atoms with Gasteiger partial charge in [-0.15, -0.1) is 0 Å². The molecule has 0 unspecified atom stereocenters. The van der Waals surface area contributed by atoms with Gasteiger partial charge in [0.15, 0.2) is 11.2 Å². The van der Waals surface area contributed by atoms with E-state index in [0.29, 0.717) is 37.5 Å². The number of nitrogens with zero attached hydrogens (tertiary/aromatic N) is 6. The Morgan fingerprint density at radius 3 is 2.39 bits per heavy atom. The van der Waals surface area contributed by atoms with Crippen molar-refractivity contribution in [2.24, 2.45) is 14.1 Å². The minimum atomic E-state index is -0.596. The molecule has 11 heteroatoms. The Labute approximate surface area is 189 Å². The van der Waals surface area contributed by atoms with Crippen LogP contribution in [0.5, 0.6) is 5.75 Å².